The lowest BCUT2D eigenvalue weighted by Gasteiger charge is -2.17. The van der Waals surface area contributed by atoms with Crippen molar-refractivity contribution in [2.45, 2.75) is 18.9 Å². The molecule has 1 aromatic rings. The first-order valence-electron chi connectivity index (χ1n) is 6.16. The summed E-state index contributed by atoms with van der Waals surface area (Å²) in [4.78, 5) is 25.1. The number of carbonyl (C=O) groups excluding carboxylic acids is 2. The first-order valence-corrected chi connectivity index (χ1v) is 6.16. The Morgan fingerprint density at radius 2 is 1.84 bits per heavy atom. The summed E-state index contributed by atoms with van der Waals surface area (Å²) in [7, 11) is 1.58. The van der Waals surface area contributed by atoms with Gasteiger partial charge in [-0.1, -0.05) is 0 Å². The zero-order valence-corrected chi connectivity index (χ0v) is 10.8. The maximum atomic E-state index is 12.1. The standard InChI is InChI=1S/C13H18N4O2/c1-17(7-12(18)16-11-2-3-11)13(19)8-4-9(14)6-10(15)5-8/h4-6,11H,2-3,7,14-15H2,1H3,(H,16,18). The quantitative estimate of drug-likeness (QED) is 0.675. The second kappa shape index (κ2) is 5.17. The largest absolute Gasteiger partial charge is 0.399 e. The fraction of sp³-hybridized carbons (Fsp3) is 0.385. The van der Waals surface area contributed by atoms with Crippen LogP contribution in [0.3, 0.4) is 0 Å². The van der Waals surface area contributed by atoms with Crippen LogP contribution >= 0.6 is 0 Å². The molecule has 1 fully saturated rings. The summed E-state index contributed by atoms with van der Waals surface area (Å²) in [6, 6.07) is 4.97. The van der Waals surface area contributed by atoms with Crippen molar-refractivity contribution in [3.05, 3.63) is 23.8 Å². The zero-order chi connectivity index (χ0) is 14.0. The highest BCUT2D eigenvalue weighted by Gasteiger charge is 2.24. The third kappa shape index (κ3) is 3.61. The van der Waals surface area contributed by atoms with Crippen LogP contribution < -0.4 is 16.8 Å². The predicted molar refractivity (Wildman–Crippen MR) is 73.4 cm³/mol. The van der Waals surface area contributed by atoms with Crippen LogP contribution in [0.25, 0.3) is 0 Å². The molecular weight excluding hydrogens is 244 g/mol. The first kappa shape index (κ1) is 13.2. The summed E-state index contributed by atoms with van der Waals surface area (Å²) >= 11 is 0. The molecule has 1 aromatic carbocycles. The highest BCUT2D eigenvalue weighted by molar-refractivity contribution is 5.97. The highest BCUT2D eigenvalue weighted by Crippen LogP contribution is 2.18. The van der Waals surface area contributed by atoms with Gasteiger partial charge in [-0.3, -0.25) is 9.59 Å². The minimum atomic E-state index is -0.273. The van der Waals surface area contributed by atoms with Gasteiger partial charge in [0.15, 0.2) is 0 Å². The number of likely N-dealkylation sites (N-methyl/N-ethyl adjacent to an activating group) is 1. The van der Waals surface area contributed by atoms with E-state index in [0.717, 1.165) is 12.8 Å². The van der Waals surface area contributed by atoms with Gasteiger partial charge in [-0.25, -0.2) is 0 Å². The van der Waals surface area contributed by atoms with Crippen LogP contribution in [0, 0.1) is 0 Å². The molecule has 0 radical (unpaired) electrons. The van der Waals surface area contributed by atoms with Crippen molar-refractivity contribution >= 4 is 23.2 Å². The minimum absolute atomic E-state index is 0.0318. The fourth-order valence-corrected chi connectivity index (χ4v) is 1.81. The number of nitrogens with two attached hydrogens (primary N) is 2. The molecule has 0 aliphatic heterocycles. The maximum absolute atomic E-state index is 12.1. The van der Waals surface area contributed by atoms with Crippen molar-refractivity contribution in [1.29, 1.82) is 0 Å². The molecule has 1 aliphatic carbocycles. The Kier molecular flexibility index (Phi) is 3.59. The molecule has 1 saturated carbocycles. The average Bonchev–Trinajstić information content (AvgIpc) is 3.10. The van der Waals surface area contributed by atoms with Crippen LogP contribution in [-0.4, -0.2) is 36.3 Å². The number of benzene rings is 1. The number of hydrogen-bond donors (Lipinski definition) is 3. The van der Waals surface area contributed by atoms with E-state index in [9.17, 15) is 9.59 Å². The van der Waals surface area contributed by atoms with E-state index >= 15 is 0 Å². The number of carbonyl (C=O) groups is 2. The molecule has 0 heterocycles. The van der Waals surface area contributed by atoms with Crippen LogP contribution in [0.4, 0.5) is 11.4 Å². The van der Waals surface area contributed by atoms with Gasteiger partial charge in [-0.15, -0.1) is 0 Å². The lowest BCUT2D eigenvalue weighted by atomic mass is 10.1. The molecule has 0 unspecified atom stereocenters. The van der Waals surface area contributed by atoms with Crippen molar-refractivity contribution in [3.63, 3.8) is 0 Å². The Hall–Kier alpha value is -2.24. The number of rotatable bonds is 4. The molecule has 1 aliphatic rings. The van der Waals surface area contributed by atoms with E-state index < -0.39 is 0 Å². The van der Waals surface area contributed by atoms with E-state index in [0.29, 0.717) is 23.0 Å². The smallest absolute Gasteiger partial charge is 0.254 e. The Morgan fingerprint density at radius 1 is 1.26 bits per heavy atom. The maximum Gasteiger partial charge on any atom is 0.254 e. The molecule has 2 amide bonds. The van der Waals surface area contributed by atoms with Gasteiger partial charge < -0.3 is 21.7 Å². The molecular formula is C13H18N4O2. The molecule has 0 atom stereocenters. The molecule has 5 N–H and O–H groups in total. The number of nitrogens with one attached hydrogen (secondary N) is 1. The van der Waals surface area contributed by atoms with Gasteiger partial charge in [-0.2, -0.15) is 0 Å². The Morgan fingerprint density at radius 3 is 2.37 bits per heavy atom. The SMILES string of the molecule is CN(CC(=O)NC1CC1)C(=O)c1cc(N)cc(N)c1. The zero-order valence-electron chi connectivity index (χ0n) is 10.8. The highest BCUT2D eigenvalue weighted by atomic mass is 16.2. The Labute approximate surface area is 111 Å². The van der Waals surface area contributed by atoms with Crippen molar-refractivity contribution < 1.29 is 9.59 Å². The molecule has 0 aromatic heterocycles. The van der Waals surface area contributed by atoms with E-state index in [2.05, 4.69) is 5.32 Å². The monoisotopic (exact) mass is 262 g/mol. The molecule has 0 spiro atoms. The topological polar surface area (TPSA) is 101 Å². The lowest BCUT2D eigenvalue weighted by Crippen LogP contribution is -2.39. The molecule has 19 heavy (non-hydrogen) atoms. The van der Waals surface area contributed by atoms with Gasteiger partial charge in [0, 0.05) is 30.0 Å². The van der Waals surface area contributed by atoms with Crippen LogP contribution in [-0.2, 0) is 4.79 Å². The Balaban J connectivity index is 1.98. The van der Waals surface area contributed by atoms with Gasteiger partial charge in [0.25, 0.3) is 5.91 Å². The van der Waals surface area contributed by atoms with E-state index in [1.165, 1.54) is 4.90 Å². The van der Waals surface area contributed by atoms with Crippen LogP contribution in [0.1, 0.15) is 23.2 Å². The van der Waals surface area contributed by atoms with Crippen molar-refractivity contribution in [2.24, 2.45) is 0 Å². The Bertz CT molecular complexity index is 491. The molecule has 6 nitrogen and oxygen atoms in total. The van der Waals surface area contributed by atoms with Crippen molar-refractivity contribution in [1.82, 2.24) is 10.2 Å². The third-order valence-electron chi connectivity index (χ3n) is 2.89. The summed E-state index contributed by atoms with van der Waals surface area (Å²) in [6.45, 7) is 0.0318. The number of anilines is 2. The van der Waals surface area contributed by atoms with Gasteiger partial charge in [0.05, 0.1) is 6.54 Å². The van der Waals surface area contributed by atoms with Gasteiger partial charge in [0.2, 0.25) is 5.91 Å². The van der Waals surface area contributed by atoms with Gasteiger partial charge in [0.1, 0.15) is 0 Å². The van der Waals surface area contributed by atoms with Crippen LogP contribution in [0.15, 0.2) is 18.2 Å². The molecule has 0 saturated heterocycles. The van der Waals surface area contributed by atoms with E-state index in [4.69, 9.17) is 11.5 Å². The first-order chi connectivity index (χ1) is 8.95. The summed E-state index contributed by atoms with van der Waals surface area (Å²) < 4.78 is 0. The second-order valence-corrected chi connectivity index (χ2v) is 4.89. The number of nitrogen functional groups attached to an aromatic ring is 2. The summed E-state index contributed by atoms with van der Waals surface area (Å²) in [6.07, 6.45) is 2.05. The van der Waals surface area contributed by atoms with Gasteiger partial charge >= 0.3 is 0 Å². The van der Waals surface area contributed by atoms with Gasteiger partial charge in [-0.05, 0) is 31.0 Å². The number of amides is 2. The summed E-state index contributed by atoms with van der Waals surface area (Å²) in [5.41, 5.74) is 12.5. The molecule has 6 heteroatoms. The predicted octanol–water partition coefficient (Wildman–Crippen LogP) is 0.202. The van der Waals surface area contributed by atoms with E-state index in [-0.39, 0.29) is 18.4 Å². The van der Waals surface area contributed by atoms with Crippen LogP contribution in [0.5, 0.6) is 0 Å². The summed E-state index contributed by atoms with van der Waals surface area (Å²) in [5.74, 6) is -0.417. The second-order valence-electron chi connectivity index (χ2n) is 4.89. The van der Waals surface area contributed by atoms with Crippen molar-refractivity contribution in [3.8, 4) is 0 Å². The molecule has 0 bridgehead atoms. The van der Waals surface area contributed by atoms with Crippen LogP contribution in [0.2, 0.25) is 0 Å². The number of hydrogen-bond acceptors (Lipinski definition) is 4. The lowest BCUT2D eigenvalue weighted by molar-refractivity contribution is -0.121. The van der Waals surface area contributed by atoms with Crippen molar-refractivity contribution in [2.75, 3.05) is 25.1 Å². The average molecular weight is 262 g/mol. The molecule has 102 valence electrons. The third-order valence-corrected chi connectivity index (χ3v) is 2.89. The van der Waals surface area contributed by atoms with E-state index in [1.807, 2.05) is 0 Å². The summed E-state index contributed by atoms with van der Waals surface area (Å²) in [5, 5.41) is 2.83. The number of nitrogens with zero attached hydrogens (tertiary/aromatic N) is 1. The molecule has 2 rings (SSSR count). The fourth-order valence-electron chi connectivity index (χ4n) is 1.81. The minimum Gasteiger partial charge on any atom is -0.399 e. The normalized spacial score (nSPS) is 13.9. The van der Waals surface area contributed by atoms with E-state index in [1.54, 1.807) is 25.2 Å².